The molecule has 0 saturated carbocycles. The third kappa shape index (κ3) is 4.49. The first-order valence-electron chi connectivity index (χ1n) is 5.42. The Bertz CT molecular complexity index is 359. The van der Waals surface area contributed by atoms with Crippen LogP contribution in [0.3, 0.4) is 0 Å². The van der Waals surface area contributed by atoms with Crippen molar-refractivity contribution in [2.75, 3.05) is 6.61 Å². The summed E-state index contributed by atoms with van der Waals surface area (Å²) >= 11 is -0.789. The molecule has 1 nitrogen and oxygen atoms in total. The molecule has 0 aromatic rings. The van der Waals surface area contributed by atoms with Gasteiger partial charge in [-0.05, 0) is 6.42 Å². The molecule has 0 aliphatic heterocycles. The minimum Gasteiger partial charge on any atom is -0.396 e. The van der Waals surface area contributed by atoms with Gasteiger partial charge in [-0.3, -0.25) is 0 Å². The van der Waals surface area contributed by atoms with E-state index in [9.17, 15) is 57.1 Å². The number of alkyl halides is 14. The standard InChI is InChI=1S/C6F13I.C3H8O/c7-1(8,3(11,12)5(15,16)17)2(9,10)4(13,14)6(18,19)20;1-2-3-4/h;4H,2-3H2,1H3. The lowest BCUT2D eigenvalue weighted by atomic mass is 9.98. The summed E-state index contributed by atoms with van der Waals surface area (Å²) in [5.41, 5.74) is 0. The lowest BCUT2D eigenvalue weighted by molar-refractivity contribution is -0.431. The third-order valence-electron chi connectivity index (χ3n) is 2.12. The number of hydrogen-bond acceptors (Lipinski definition) is 1. The van der Waals surface area contributed by atoms with Crippen LogP contribution >= 0.6 is 22.6 Å². The van der Waals surface area contributed by atoms with E-state index >= 15 is 0 Å². The molecule has 0 spiro atoms. The molecule has 0 fully saturated rings. The van der Waals surface area contributed by atoms with E-state index in [2.05, 4.69) is 0 Å². The van der Waals surface area contributed by atoms with Crippen LogP contribution in [0.15, 0.2) is 0 Å². The van der Waals surface area contributed by atoms with Gasteiger partial charge in [0.15, 0.2) is 0 Å². The number of aliphatic hydroxyl groups is 1. The van der Waals surface area contributed by atoms with Gasteiger partial charge >= 0.3 is 33.8 Å². The van der Waals surface area contributed by atoms with Gasteiger partial charge in [-0.15, -0.1) is 0 Å². The van der Waals surface area contributed by atoms with E-state index in [0.717, 1.165) is 6.42 Å². The largest absolute Gasteiger partial charge is 0.460 e. The van der Waals surface area contributed by atoms with Crippen molar-refractivity contribution in [3.63, 3.8) is 0 Å². The van der Waals surface area contributed by atoms with Gasteiger partial charge in [0.25, 0.3) is 0 Å². The Morgan fingerprint density at radius 3 is 1.04 bits per heavy atom. The summed E-state index contributed by atoms with van der Waals surface area (Å²) in [4.78, 5) is 0. The maximum Gasteiger partial charge on any atom is 0.460 e. The zero-order valence-corrected chi connectivity index (χ0v) is 13.3. The fourth-order valence-electron chi connectivity index (χ4n) is 0.750. The molecule has 148 valence electrons. The Morgan fingerprint density at radius 1 is 0.625 bits per heavy atom. The summed E-state index contributed by atoms with van der Waals surface area (Å²) in [6.07, 6.45) is -6.49. The fraction of sp³-hybridized carbons (Fsp3) is 1.00. The molecule has 24 heavy (non-hydrogen) atoms. The van der Waals surface area contributed by atoms with Crippen LogP contribution in [-0.2, 0) is 0 Å². The number of hydrogen-bond donors (Lipinski definition) is 1. The van der Waals surface area contributed by atoms with Crippen molar-refractivity contribution in [3.05, 3.63) is 0 Å². The van der Waals surface area contributed by atoms with Crippen molar-refractivity contribution in [2.45, 2.75) is 47.1 Å². The summed E-state index contributed by atoms with van der Waals surface area (Å²) in [6, 6.07) is 0. The molecule has 0 bridgehead atoms. The zero-order chi connectivity index (χ0) is 20.4. The van der Waals surface area contributed by atoms with Crippen LogP contribution in [0.25, 0.3) is 0 Å². The highest BCUT2D eigenvalue weighted by atomic mass is 127. The van der Waals surface area contributed by atoms with Crippen molar-refractivity contribution in [2.24, 2.45) is 0 Å². The molecule has 0 heterocycles. The molecule has 0 atom stereocenters. The second kappa shape index (κ2) is 7.57. The van der Waals surface area contributed by atoms with Crippen LogP contribution in [0.5, 0.6) is 0 Å². The Balaban J connectivity index is 0. The molecule has 0 radical (unpaired) electrons. The van der Waals surface area contributed by atoms with Crippen LogP contribution in [0.1, 0.15) is 13.3 Å². The molecular weight excluding hydrogens is 498 g/mol. The summed E-state index contributed by atoms with van der Waals surface area (Å²) < 4.78 is 152. The van der Waals surface area contributed by atoms with Crippen LogP contribution < -0.4 is 0 Å². The second-order valence-corrected chi connectivity index (χ2v) is 5.37. The zero-order valence-electron chi connectivity index (χ0n) is 11.2. The van der Waals surface area contributed by atoms with Gasteiger partial charge in [0, 0.05) is 29.2 Å². The van der Waals surface area contributed by atoms with Gasteiger partial charge in [0.1, 0.15) is 0 Å². The van der Waals surface area contributed by atoms with E-state index in [4.69, 9.17) is 5.11 Å². The van der Waals surface area contributed by atoms with Crippen molar-refractivity contribution in [1.82, 2.24) is 0 Å². The average molecular weight is 506 g/mol. The highest BCUT2D eigenvalue weighted by Crippen LogP contribution is 2.61. The topological polar surface area (TPSA) is 20.2 Å². The average Bonchev–Trinajstić information content (AvgIpc) is 2.35. The van der Waals surface area contributed by atoms with E-state index < -0.39 is 56.4 Å². The lowest BCUT2D eigenvalue weighted by Gasteiger charge is -2.38. The molecule has 0 unspecified atom stereocenters. The van der Waals surface area contributed by atoms with Crippen LogP contribution in [-0.4, -0.2) is 45.5 Å². The normalized spacial score (nSPS) is 15.0. The molecule has 0 aromatic carbocycles. The summed E-state index contributed by atoms with van der Waals surface area (Å²) in [5, 5.41) is 7.88. The van der Waals surface area contributed by atoms with Crippen molar-refractivity contribution in [3.8, 4) is 0 Å². The smallest absolute Gasteiger partial charge is 0.396 e. The van der Waals surface area contributed by atoms with E-state index in [1.807, 2.05) is 6.92 Å². The fourth-order valence-corrected chi connectivity index (χ4v) is 1.09. The Morgan fingerprint density at radius 2 is 0.875 bits per heavy atom. The molecule has 0 amide bonds. The molecule has 0 aliphatic rings. The van der Waals surface area contributed by atoms with Crippen molar-refractivity contribution >= 4 is 22.6 Å². The summed E-state index contributed by atoms with van der Waals surface area (Å²) in [6.45, 7) is 2.25. The van der Waals surface area contributed by atoms with Crippen molar-refractivity contribution < 1.29 is 62.2 Å². The monoisotopic (exact) mass is 506 g/mol. The third-order valence-corrected chi connectivity index (χ3v) is 2.80. The van der Waals surface area contributed by atoms with Gasteiger partial charge in [-0.2, -0.15) is 57.1 Å². The molecule has 0 saturated heterocycles. The van der Waals surface area contributed by atoms with Gasteiger partial charge in [-0.1, -0.05) is 6.92 Å². The quantitative estimate of drug-likeness (QED) is 0.297. The Kier molecular flexibility index (Phi) is 8.21. The van der Waals surface area contributed by atoms with E-state index in [-0.39, 0.29) is 0 Å². The van der Waals surface area contributed by atoms with Gasteiger partial charge in [-0.25, -0.2) is 0 Å². The van der Waals surface area contributed by atoms with Gasteiger partial charge < -0.3 is 5.11 Å². The molecule has 0 aliphatic carbocycles. The van der Waals surface area contributed by atoms with Crippen molar-refractivity contribution in [1.29, 1.82) is 0 Å². The summed E-state index contributed by atoms with van der Waals surface area (Å²) in [5.74, 6) is -30.3. The maximum absolute atomic E-state index is 12.5. The van der Waals surface area contributed by atoms with E-state index in [1.54, 1.807) is 0 Å². The predicted octanol–water partition coefficient (Wildman–Crippen LogP) is 5.51. The lowest BCUT2D eigenvalue weighted by Crippen LogP contribution is -2.69. The molecule has 0 rings (SSSR count). The second-order valence-electron chi connectivity index (χ2n) is 4.02. The Labute approximate surface area is 139 Å². The number of halogens is 14. The molecule has 1 N–H and O–H groups in total. The first-order chi connectivity index (χ1) is 10.2. The first-order valence-corrected chi connectivity index (χ1v) is 6.50. The minimum absolute atomic E-state index is 0.319. The van der Waals surface area contributed by atoms with Crippen LogP contribution in [0.4, 0.5) is 57.1 Å². The SMILES string of the molecule is CCCO.FC(F)(F)C(F)(F)C(F)(F)C(F)(F)C(F)(F)C(F)(F)I. The predicted molar refractivity (Wildman–Crippen MR) is 62.2 cm³/mol. The number of rotatable bonds is 5. The van der Waals surface area contributed by atoms with Crippen LogP contribution in [0, 0.1) is 0 Å². The van der Waals surface area contributed by atoms with E-state index in [1.165, 1.54) is 0 Å². The molecule has 15 heteroatoms. The summed E-state index contributed by atoms with van der Waals surface area (Å²) in [7, 11) is 0. The first kappa shape index (κ1) is 26.0. The van der Waals surface area contributed by atoms with Crippen LogP contribution in [0.2, 0.25) is 0 Å². The highest BCUT2D eigenvalue weighted by Gasteiger charge is 2.90. The Hall–Kier alpha value is -0.220. The van der Waals surface area contributed by atoms with E-state index in [0.29, 0.717) is 6.61 Å². The number of aliphatic hydroxyl groups excluding tert-OH is 1. The minimum atomic E-state index is -7.81. The molecular formula is C9H8F13IO. The maximum atomic E-state index is 12.5. The highest BCUT2D eigenvalue weighted by molar-refractivity contribution is 14.1. The van der Waals surface area contributed by atoms with Gasteiger partial charge in [0.05, 0.1) is 0 Å². The molecule has 0 aromatic heterocycles. The van der Waals surface area contributed by atoms with Gasteiger partial charge in [0.2, 0.25) is 0 Å².